The Kier molecular flexibility index (Phi) is 3.62. The zero-order chi connectivity index (χ0) is 14.0. The molecule has 2 aromatic rings. The molecule has 0 fully saturated rings. The molecular weight excluding hydrogens is 266 g/mol. The summed E-state index contributed by atoms with van der Waals surface area (Å²) < 4.78 is 0. The molecule has 0 saturated carbocycles. The summed E-state index contributed by atoms with van der Waals surface area (Å²) in [6.07, 6.45) is 0. The number of nitrogens with one attached hydrogen (secondary N) is 1. The molecule has 3 N–H and O–H groups in total. The van der Waals surface area contributed by atoms with E-state index in [0.29, 0.717) is 16.8 Å². The summed E-state index contributed by atoms with van der Waals surface area (Å²) in [5, 5.41) is 21.9. The van der Waals surface area contributed by atoms with E-state index in [4.69, 9.17) is 11.6 Å². The van der Waals surface area contributed by atoms with Gasteiger partial charge in [-0.1, -0.05) is 17.7 Å². The predicted octanol–water partition coefficient (Wildman–Crippen LogP) is 3.31. The van der Waals surface area contributed by atoms with Crippen molar-refractivity contribution in [1.29, 1.82) is 0 Å². The Morgan fingerprint density at radius 2 is 1.89 bits per heavy atom. The maximum absolute atomic E-state index is 12.0. The maximum Gasteiger partial charge on any atom is 0.256 e. The number of halogens is 1. The number of phenols is 2. The van der Waals surface area contributed by atoms with Crippen molar-refractivity contribution in [2.75, 3.05) is 5.32 Å². The second kappa shape index (κ2) is 5.20. The third-order valence-corrected chi connectivity index (χ3v) is 3.07. The van der Waals surface area contributed by atoms with Gasteiger partial charge in [-0.2, -0.15) is 0 Å². The zero-order valence-electron chi connectivity index (χ0n) is 10.1. The topological polar surface area (TPSA) is 69.6 Å². The molecule has 1 amide bonds. The van der Waals surface area contributed by atoms with E-state index in [1.54, 1.807) is 25.1 Å². The Labute approximate surface area is 115 Å². The van der Waals surface area contributed by atoms with E-state index in [-0.39, 0.29) is 22.4 Å². The minimum atomic E-state index is -0.366. The number of carbonyl (C=O) groups is 1. The molecule has 0 atom stereocenters. The second-order valence-electron chi connectivity index (χ2n) is 4.07. The lowest BCUT2D eigenvalue weighted by molar-refractivity contribution is 0.102. The van der Waals surface area contributed by atoms with Gasteiger partial charge in [0, 0.05) is 22.9 Å². The number of phenolic OH excluding ortho intramolecular Hbond substituents is 2. The molecule has 0 heterocycles. The number of carbonyl (C=O) groups excluding carboxylic acids is 1. The molecular formula is C14H12ClNO3. The van der Waals surface area contributed by atoms with Gasteiger partial charge in [-0.25, -0.2) is 0 Å². The second-order valence-corrected chi connectivity index (χ2v) is 4.48. The van der Waals surface area contributed by atoms with Gasteiger partial charge in [-0.15, -0.1) is 0 Å². The van der Waals surface area contributed by atoms with E-state index in [9.17, 15) is 15.0 Å². The zero-order valence-corrected chi connectivity index (χ0v) is 10.9. The number of aromatic hydroxyl groups is 2. The van der Waals surface area contributed by atoms with Gasteiger partial charge in [0.25, 0.3) is 5.91 Å². The standard InChI is InChI=1S/C14H12ClNO3/c1-8-10(3-2-4-12(8)17)14(19)16-9-5-6-11(15)13(18)7-9/h2-7,17-18H,1H3,(H,16,19). The fraction of sp³-hybridized carbons (Fsp3) is 0.0714. The molecule has 19 heavy (non-hydrogen) atoms. The van der Waals surface area contributed by atoms with Crippen molar-refractivity contribution in [3.63, 3.8) is 0 Å². The Bertz CT molecular complexity index is 641. The van der Waals surface area contributed by atoms with E-state index in [0.717, 1.165) is 0 Å². The van der Waals surface area contributed by atoms with Crippen molar-refractivity contribution in [3.8, 4) is 11.5 Å². The van der Waals surface area contributed by atoms with Crippen LogP contribution >= 0.6 is 11.6 Å². The molecule has 0 aromatic heterocycles. The van der Waals surface area contributed by atoms with Crippen LogP contribution in [0.2, 0.25) is 5.02 Å². The van der Waals surface area contributed by atoms with E-state index in [2.05, 4.69) is 5.32 Å². The van der Waals surface area contributed by atoms with Crippen LogP contribution in [0.15, 0.2) is 36.4 Å². The van der Waals surface area contributed by atoms with Crippen LogP contribution in [0.4, 0.5) is 5.69 Å². The Balaban J connectivity index is 2.26. The molecule has 4 nitrogen and oxygen atoms in total. The van der Waals surface area contributed by atoms with Gasteiger partial charge in [0.05, 0.1) is 5.02 Å². The average Bonchev–Trinajstić information content (AvgIpc) is 2.37. The van der Waals surface area contributed by atoms with Crippen LogP contribution in [0.25, 0.3) is 0 Å². The van der Waals surface area contributed by atoms with Crippen LogP contribution < -0.4 is 5.32 Å². The highest BCUT2D eigenvalue weighted by molar-refractivity contribution is 6.32. The molecule has 98 valence electrons. The van der Waals surface area contributed by atoms with Crippen molar-refractivity contribution in [2.24, 2.45) is 0 Å². The lowest BCUT2D eigenvalue weighted by atomic mass is 10.1. The number of benzene rings is 2. The quantitative estimate of drug-likeness (QED) is 0.789. The van der Waals surface area contributed by atoms with Gasteiger partial charge in [-0.3, -0.25) is 4.79 Å². The van der Waals surface area contributed by atoms with E-state index < -0.39 is 0 Å². The fourth-order valence-electron chi connectivity index (χ4n) is 1.66. The largest absolute Gasteiger partial charge is 0.508 e. The van der Waals surface area contributed by atoms with Crippen molar-refractivity contribution >= 4 is 23.2 Å². The third kappa shape index (κ3) is 2.80. The van der Waals surface area contributed by atoms with Gasteiger partial charge in [0.1, 0.15) is 11.5 Å². The number of hydrogen-bond acceptors (Lipinski definition) is 3. The molecule has 0 aliphatic carbocycles. The molecule has 2 aromatic carbocycles. The highest BCUT2D eigenvalue weighted by atomic mass is 35.5. The monoisotopic (exact) mass is 277 g/mol. The molecule has 0 bridgehead atoms. The van der Waals surface area contributed by atoms with E-state index >= 15 is 0 Å². The van der Waals surface area contributed by atoms with Crippen molar-refractivity contribution in [2.45, 2.75) is 6.92 Å². The smallest absolute Gasteiger partial charge is 0.256 e. The van der Waals surface area contributed by atoms with Crippen LogP contribution in [0.5, 0.6) is 11.5 Å². The van der Waals surface area contributed by atoms with Crippen LogP contribution in [0.3, 0.4) is 0 Å². The minimum absolute atomic E-state index is 0.0617. The van der Waals surface area contributed by atoms with Gasteiger partial charge in [-0.05, 0) is 31.2 Å². The number of hydrogen-bond donors (Lipinski definition) is 3. The van der Waals surface area contributed by atoms with Crippen molar-refractivity contribution in [3.05, 3.63) is 52.5 Å². The summed E-state index contributed by atoms with van der Waals surface area (Å²) in [5.74, 6) is -0.408. The first-order valence-electron chi connectivity index (χ1n) is 5.57. The number of amides is 1. The van der Waals surface area contributed by atoms with Gasteiger partial charge in [0.15, 0.2) is 0 Å². The van der Waals surface area contributed by atoms with Crippen LogP contribution in [-0.4, -0.2) is 16.1 Å². The summed E-state index contributed by atoms with van der Waals surface area (Å²) in [5.41, 5.74) is 1.29. The molecule has 0 radical (unpaired) electrons. The maximum atomic E-state index is 12.0. The predicted molar refractivity (Wildman–Crippen MR) is 73.9 cm³/mol. The Hall–Kier alpha value is -2.20. The Morgan fingerprint density at radius 3 is 2.58 bits per heavy atom. The SMILES string of the molecule is Cc1c(O)cccc1C(=O)Nc1ccc(Cl)c(O)c1. The van der Waals surface area contributed by atoms with Crippen LogP contribution in [0.1, 0.15) is 15.9 Å². The first-order valence-corrected chi connectivity index (χ1v) is 5.95. The molecule has 0 saturated heterocycles. The van der Waals surface area contributed by atoms with Crippen molar-refractivity contribution < 1.29 is 15.0 Å². The van der Waals surface area contributed by atoms with E-state index in [1.165, 1.54) is 18.2 Å². The summed E-state index contributed by atoms with van der Waals surface area (Å²) >= 11 is 5.68. The average molecular weight is 278 g/mol. The highest BCUT2D eigenvalue weighted by Crippen LogP contribution is 2.27. The first kappa shape index (κ1) is 13.2. The van der Waals surface area contributed by atoms with Crippen LogP contribution in [0, 0.1) is 6.92 Å². The molecule has 5 heteroatoms. The minimum Gasteiger partial charge on any atom is -0.508 e. The molecule has 0 aliphatic heterocycles. The summed E-state index contributed by atoms with van der Waals surface area (Å²) in [7, 11) is 0. The third-order valence-electron chi connectivity index (χ3n) is 2.75. The first-order chi connectivity index (χ1) is 8.99. The summed E-state index contributed by atoms with van der Waals surface area (Å²) in [6.45, 7) is 1.66. The van der Waals surface area contributed by atoms with Gasteiger partial charge >= 0.3 is 0 Å². The molecule has 0 unspecified atom stereocenters. The summed E-state index contributed by atoms with van der Waals surface area (Å²) in [6, 6.07) is 9.15. The Morgan fingerprint density at radius 1 is 1.16 bits per heavy atom. The molecule has 2 rings (SSSR count). The van der Waals surface area contributed by atoms with Crippen LogP contribution in [-0.2, 0) is 0 Å². The normalized spacial score (nSPS) is 10.2. The van der Waals surface area contributed by atoms with Gasteiger partial charge < -0.3 is 15.5 Å². The molecule has 0 spiro atoms. The summed E-state index contributed by atoms with van der Waals surface area (Å²) in [4.78, 5) is 12.0. The van der Waals surface area contributed by atoms with E-state index in [1.807, 2.05) is 0 Å². The van der Waals surface area contributed by atoms with Gasteiger partial charge in [0.2, 0.25) is 0 Å². The highest BCUT2D eigenvalue weighted by Gasteiger charge is 2.12. The van der Waals surface area contributed by atoms with Crippen molar-refractivity contribution in [1.82, 2.24) is 0 Å². The molecule has 0 aliphatic rings. The fourth-order valence-corrected chi connectivity index (χ4v) is 1.78. The number of rotatable bonds is 2. The number of anilines is 1. The lowest BCUT2D eigenvalue weighted by Gasteiger charge is -2.09. The lowest BCUT2D eigenvalue weighted by Crippen LogP contribution is -2.13.